The highest BCUT2D eigenvalue weighted by molar-refractivity contribution is 9.10. The van der Waals surface area contributed by atoms with Gasteiger partial charge in [0, 0.05) is 15.6 Å². The van der Waals surface area contributed by atoms with E-state index in [1.807, 2.05) is 0 Å². The number of anilines is 1. The fraction of sp³-hybridized carbons (Fsp3) is 0. The third-order valence-corrected chi connectivity index (χ3v) is 3.48. The lowest BCUT2D eigenvalue weighted by molar-refractivity contribution is 0.103. The lowest BCUT2D eigenvalue weighted by Crippen LogP contribution is -2.05. The van der Waals surface area contributed by atoms with Crippen molar-refractivity contribution in [3.63, 3.8) is 0 Å². The molecule has 2 nitrogen and oxygen atoms in total. The fourth-order valence-corrected chi connectivity index (χ4v) is 2.35. The molecule has 0 aliphatic carbocycles. The molecule has 0 radical (unpaired) electrons. The molecule has 0 aromatic heterocycles. The van der Waals surface area contributed by atoms with Crippen LogP contribution in [0.3, 0.4) is 0 Å². The van der Waals surface area contributed by atoms with E-state index in [-0.39, 0.29) is 21.8 Å². The van der Waals surface area contributed by atoms with Crippen LogP contribution in [0.25, 0.3) is 0 Å². The van der Waals surface area contributed by atoms with Gasteiger partial charge < -0.3 is 5.73 Å². The van der Waals surface area contributed by atoms with Crippen LogP contribution in [-0.4, -0.2) is 5.78 Å². The van der Waals surface area contributed by atoms with Gasteiger partial charge in [-0.15, -0.1) is 0 Å². The van der Waals surface area contributed by atoms with Gasteiger partial charge in [0.05, 0.1) is 10.7 Å². The van der Waals surface area contributed by atoms with Crippen LogP contribution in [0.15, 0.2) is 34.8 Å². The van der Waals surface area contributed by atoms with Crippen LogP contribution in [0, 0.1) is 11.6 Å². The van der Waals surface area contributed by atoms with Crippen molar-refractivity contribution in [1.82, 2.24) is 0 Å². The number of rotatable bonds is 2. The van der Waals surface area contributed by atoms with E-state index in [9.17, 15) is 13.6 Å². The molecule has 98 valence electrons. The summed E-state index contributed by atoms with van der Waals surface area (Å²) in [4.78, 5) is 12.2. The lowest BCUT2D eigenvalue weighted by atomic mass is 10.0. The summed E-state index contributed by atoms with van der Waals surface area (Å²) in [6.07, 6.45) is 0. The Balaban J connectivity index is 2.53. The minimum Gasteiger partial charge on any atom is -0.396 e. The third-order valence-electron chi connectivity index (χ3n) is 2.51. The van der Waals surface area contributed by atoms with E-state index in [0.29, 0.717) is 4.47 Å². The number of carbonyl (C=O) groups is 1. The number of nitrogens with two attached hydrogens (primary N) is 1. The summed E-state index contributed by atoms with van der Waals surface area (Å²) in [5.41, 5.74) is 5.47. The Bertz CT molecular complexity index is 676. The van der Waals surface area contributed by atoms with Gasteiger partial charge in [-0.2, -0.15) is 0 Å². The SMILES string of the molecule is Nc1cc(Br)c(C(=O)c2ccc(F)cc2Cl)cc1F. The Morgan fingerprint density at radius 2 is 1.84 bits per heavy atom. The van der Waals surface area contributed by atoms with Crippen LogP contribution in [0.2, 0.25) is 5.02 Å². The van der Waals surface area contributed by atoms with Crippen LogP contribution in [0.4, 0.5) is 14.5 Å². The number of halogens is 4. The Morgan fingerprint density at radius 3 is 2.47 bits per heavy atom. The highest BCUT2D eigenvalue weighted by atomic mass is 79.9. The second-order valence-corrected chi connectivity index (χ2v) is 5.07. The largest absolute Gasteiger partial charge is 0.396 e. The highest BCUT2D eigenvalue weighted by Crippen LogP contribution is 2.27. The number of carbonyl (C=O) groups excluding carboxylic acids is 1. The van der Waals surface area contributed by atoms with Gasteiger partial charge in [0.15, 0.2) is 5.78 Å². The van der Waals surface area contributed by atoms with Gasteiger partial charge in [0.1, 0.15) is 11.6 Å². The van der Waals surface area contributed by atoms with Gasteiger partial charge in [-0.1, -0.05) is 11.6 Å². The number of nitrogen functional groups attached to an aromatic ring is 1. The Morgan fingerprint density at radius 1 is 1.16 bits per heavy atom. The third kappa shape index (κ3) is 2.77. The maximum atomic E-state index is 13.4. The van der Waals surface area contributed by atoms with Crippen LogP contribution < -0.4 is 5.73 Å². The lowest BCUT2D eigenvalue weighted by Gasteiger charge is -2.07. The van der Waals surface area contributed by atoms with Crippen molar-refractivity contribution in [1.29, 1.82) is 0 Å². The molecule has 0 fully saturated rings. The molecule has 2 aromatic carbocycles. The molecule has 0 atom stereocenters. The molecule has 0 aliphatic heterocycles. The van der Waals surface area contributed by atoms with Crippen LogP contribution in [-0.2, 0) is 0 Å². The molecule has 0 heterocycles. The maximum Gasteiger partial charge on any atom is 0.195 e. The quantitative estimate of drug-likeness (QED) is 0.654. The minimum absolute atomic E-state index is 0.0332. The van der Waals surface area contributed by atoms with Gasteiger partial charge in [-0.25, -0.2) is 8.78 Å². The first-order valence-electron chi connectivity index (χ1n) is 5.14. The van der Waals surface area contributed by atoms with E-state index in [1.165, 1.54) is 12.1 Å². The molecule has 6 heteroatoms. The van der Waals surface area contributed by atoms with E-state index in [1.54, 1.807) is 0 Å². The van der Waals surface area contributed by atoms with Crippen molar-refractivity contribution in [2.45, 2.75) is 0 Å². The first kappa shape index (κ1) is 14.0. The van der Waals surface area contributed by atoms with Gasteiger partial charge >= 0.3 is 0 Å². The molecular formula is C13H7BrClF2NO. The summed E-state index contributed by atoms with van der Waals surface area (Å²) >= 11 is 8.94. The smallest absolute Gasteiger partial charge is 0.195 e. The van der Waals surface area contributed by atoms with E-state index in [0.717, 1.165) is 18.2 Å². The topological polar surface area (TPSA) is 43.1 Å². The maximum absolute atomic E-state index is 13.4. The van der Waals surface area contributed by atoms with Crippen molar-refractivity contribution in [3.8, 4) is 0 Å². The van der Waals surface area contributed by atoms with Gasteiger partial charge in [-0.3, -0.25) is 4.79 Å². The van der Waals surface area contributed by atoms with E-state index in [4.69, 9.17) is 17.3 Å². The van der Waals surface area contributed by atoms with Crippen LogP contribution in [0.5, 0.6) is 0 Å². The number of hydrogen-bond acceptors (Lipinski definition) is 2. The van der Waals surface area contributed by atoms with Crippen LogP contribution >= 0.6 is 27.5 Å². The number of ketones is 1. The molecule has 0 bridgehead atoms. The predicted molar refractivity (Wildman–Crippen MR) is 73.4 cm³/mol. The summed E-state index contributed by atoms with van der Waals surface area (Å²) in [5.74, 6) is -1.77. The summed E-state index contributed by atoms with van der Waals surface area (Å²) < 4.78 is 26.7. The second-order valence-electron chi connectivity index (χ2n) is 3.81. The van der Waals surface area contributed by atoms with Crippen molar-refractivity contribution in [2.24, 2.45) is 0 Å². The molecule has 2 N–H and O–H groups in total. The molecule has 0 amide bonds. The predicted octanol–water partition coefficient (Wildman–Crippen LogP) is 4.19. The van der Waals surface area contributed by atoms with Gasteiger partial charge in [0.2, 0.25) is 0 Å². The average molecular weight is 347 g/mol. The zero-order valence-corrected chi connectivity index (χ0v) is 11.7. The summed E-state index contributed by atoms with van der Waals surface area (Å²) in [6, 6.07) is 5.69. The molecule has 0 aliphatic rings. The molecule has 0 saturated heterocycles. The fourth-order valence-electron chi connectivity index (χ4n) is 1.55. The summed E-state index contributed by atoms with van der Waals surface area (Å²) in [5, 5.41) is -0.0332. The van der Waals surface area contributed by atoms with E-state index >= 15 is 0 Å². The first-order chi connectivity index (χ1) is 8.90. The minimum atomic E-state index is -0.704. The number of benzene rings is 2. The molecular weight excluding hydrogens is 340 g/mol. The first-order valence-corrected chi connectivity index (χ1v) is 6.31. The standard InChI is InChI=1S/C13H7BrClF2NO/c14-9-5-12(18)11(17)4-8(9)13(19)7-2-1-6(16)3-10(7)15/h1-5H,18H2. The normalized spacial score (nSPS) is 10.5. The molecule has 19 heavy (non-hydrogen) atoms. The van der Waals surface area contributed by atoms with Gasteiger partial charge in [0.25, 0.3) is 0 Å². The van der Waals surface area contributed by atoms with Crippen LogP contribution in [0.1, 0.15) is 15.9 Å². The summed E-state index contributed by atoms with van der Waals surface area (Å²) in [6.45, 7) is 0. The van der Waals surface area contributed by atoms with E-state index < -0.39 is 17.4 Å². The average Bonchev–Trinajstić information content (AvgIpc) is 2.33. The van der Waals surface area contributed by atoms with Crippen molar-refractivity contribution < 1.29 is 13.6 Å². The molecule has 2 rings (SSSR count). The molecule has 0 unspecified atom stereocenters. The Hall–Kier alpha value is -1.46. The van der Waals surface area contributed by atoms with Crippen molar-refractivity contribution in [3.05, 3.63) is 62.6 Å². The van der Waals surface area contributed by atoms with Crippen molar-refractivity contribution in [2.75, 3.05) is 5.73 Å². The van der Waals surface area contributed by atoms with E-state index in [2.05, 4.69) is 15.9 Å². The zero-order valence-electron chi connectivity index (χ0n) is 9.38. The molecule has 0 spiro atoms. The Kier molecular flexibility index (Phi) is 3.87. The van der Waals surface area contributed by atoms with Gasteiger partial charge in [-0.05, 0) is 46.3 Å². The number of hydrogen-bond donors (Lipinski definition) is 1. The molecule has 2 aromatic rings. The molecule has 0 saturated carbocycles. The Labute approximate surface area is 121 Å². The zero-order chi connectivity index (χ0) is 14.2. The summed E-state index contributed by atoms with van der Waals surface area (Å²) in [7, 11) is 0. The highest BCUT2D eigenvalue weighted by Gasteiger charge is 2.18. The van der Waals surface area contributed by atoms with Crippen molar-refractivity contribution >= 4 is 39.0 Å². The monoisotopic (exact) mass is 345 g/mol. The second kappa shape index (κ2) is 5.27.